The second-order valence-corrected chi connectivity index (χ2v) is 6.55. The Morgan fingerprint density at radius 1 is 0.697 bits per heavy atom. The highest BCUT2D eigenvalue weighted by atomic mass is 16.6. The lowest BCUT2D eigenvalue weighted by atomic mass is 9.92. The van der Waals surface area contributed by atoms with Crippen LogP contribution in [0.5, 0.6) is 0 Å². The van der Waals surface area contributed by atoms with Gasteiger partial charge in [-0.05, 0) is 12.1 Å². The number of methoxy groups -OCH3 is 1. The summed E-state index contributed by atoms with van der Waals surface area (Å²) in [5.74, 6) is -4.11. The molecule has 0 heterocycles. The molecule has 176 valence electrons. The van der Waals surface area contributed by atoms with Gasteiger partial charge >= 0.3 is 29.8 Å². The van der Waals surface area contributed by atoms with Crippen LogP contribution >= 0.6 is 0 Å². The summed E-state index contributed by atoms with van der Waals surface area (Å²) in [5.41, 5.74) is -1.62. The summed E-state index contributed by atoms with van der Waals surface area (Å²) in [7, 11) is 1.16. The van der Waals surface area contributed by atoms with E-state index in [0.717, 1.165) is 25.3 Å². The van der Waals surface area contributed by atoms with Crippen LogP contribution in [-0.4, -0.2) is 63.4 Å². The molecule has 1 aromatic rings. The van der Waals surface area contributed by atoms with Crippen LogP contribution < -0.4 is 0 Å². The van der Waals surface area contributed by atoms with Gasteiger partial charge in [-0.1, -0.05) is 31.9 Å². The largest absolute Gasteiger partial charge is 0.465 e. The maximum atomic E-state index is 12.7. The van der Waals surface area contributed by atoms with E-state index in [1.165, 1.54) is 24.3 Å². The van der Waals surface area contributed by atoms with Crippen LogP contribution in [0, 0.1) is 5.41 Å². The lowest BCUT2D eigenvalue weighted by molar-refractivity contribution is -0.159. The van der Waals surface area contributed by atoms with Crippen molar-refractivity contribution < 1.29 is 47.7 Å². The first-order chi connectivity index (χ1) is 15.7. The molecule has 0 spiro atoms. The molecule has 0 radical (unpaired) electrons. The minimum atomic E-state index is -1.49. The average Bonchev–Trinajstić information content (AvgIpc) is 2.86. The van der Waals surface area contributed by atoms with Crippen molar-refractivity contribution in [1.29, 1.82) is 0 Å². The Kier molecular flexibility index (Phi) is 10.8. The second kappa shape index (κ2) is 13.3. The molecule has 0 aliphatic carbocycles. The van der Waals surface area contributed by atoms with Gasteiger partial charge in [-0.25, -0.2) is 24.0 Å². The third-order valence-corrected chi connectivity index (χ3v) is 4.12. The smallest absolute Gasteiger partial charge is 0.339 e. The first-order valence-electron chi connectivity index (χ1n) is 9.44. The van der Waals surface area contributed by atoms with Crippen LogP contribution in [0.3, 0.4) is 0 Å². The molecule has 10 heteroatoms. The minimum Gasteiger partial charge on any atom is -0.465 e. The molecule has 0 aliphatic heterocycles. The van der Waals surface area contributed by atoms with E-state index in [4.69, 9.17) is 18.9 Å². The van der Waals surface area contributed by atoms with Crippen molar-refractivity contribution in [1.82, 2.24) is 0 Å². The van der Waals surface area contributed by atoms with E-state index in [1.807, 2.05) is 0 Å². The zero-order chi connectivity index (χ0) is 24.9. The number of rotatable bonds is 13. The molecule has 0 saturated carbocycles. The van der Waals surface area contributed by atoms with Gasteiger partial charge in [0.1, 0.15) is 31.8 Å². The van der Waals surface area contributed by atoms with E-state index in [2.05, 4.69) is 24.5 Å². The fourth-order valence-electron chi connectivity index (χ4n) is 2.34. The summed E-state index contributed by atoms with van der Waals surface area (Å²) >= 11 is 0. The standard InChI is InChI=1S/C23H24O10/c1-5-18(24)30-12-23(13-31-19(25)6-2,14-32-20(26)7-3)15-33-22(28)17-11-9-8-10-16(17)21(27)29-4/h5-11H,1-3,12-15H2,4H3. The van der Waals surface area contributed by atoms with Crippen LogP contribution in [0.4, 0.5) is 0 Å². The Labute approximate surface area is 190 Å². The summed E-state index contributed by atoms with van der Waals surface area (Å²) in [6.45, 7) is 7.90. The summed E-state index contributed by atoms with van der Waals surface area (Å²) in [5, 5.41) is 0. The predicted molar refractivity (Wildman–Crippen MR) is 114 cm³/mol. The van der Waals surface area contributed by atoms with E-state index in [1.54, 1.807) is 0 Å². The van der Waals surface area contributed by atoms with Gasteiger partial charge in [0.05, 0.1) is 18.2 Å². The van der Waals surface area contributed by atoms with Gasteiger partial charge < -0.3 is 23.7 Å². The molecule has 0 aliphatic rings. The Balaban J connectivity index is 3.20. The highest BCUT2D eigenvalue weighted by Crippen LogP contribution is 2.23. The Morgan fingerprint density at radius 3 is 1.42 bits per heavy atom. The van der Waals surface area contributed by atoms with Crippen LogP contribution in [0.1, 0.15) is 20.7 Å². The van der Waals surface area contributed by atoms with Gasteiger partial charge in [-0.2, -0.15) is 0 Å². The quantitative estimate of drug-likeness (QED) is 0.244. The molecule has 0 N–H and O–H groups in total. The van der Waals surface area contributed by atoms with E-state index < -0.39 is 61.7 Å². The molecule has 0 aromatic heterocycles. The molecule has 0 amide bonds. The topological polar surface area (TPSA) is 132 Å². The van der Waals surface area contributed by atoms with E-state index in [9.17, 15) is 24.0 Å². The van der Waals surface area contributed by atoms with E-state index >= 15 is 0 Å². The molecule has 0 unspecified atom stereocenters. The van der Waals surface area contributed by atoms with Gasteiger partial charge in [0.25, 0.3) is 0 Å². The number of carbonyl (C=O) groups is 5. The molecule has 1 aromatic carbocycles. The first-order valence-corrected chi connectivity index (χ1v) is 9.44. The van der Waals surface area contributed by atoms with Gasteiger partial charge in [-0.3, -0.25) is 0 Å². The normalized spacial score (nSPS) is 10.2. The molecule has 0 saturated heterocycles. The van der Waals surface area contributed by atoms with Crippen LogP contribution in [0.15, 0.2) is 62.2 Å². The number of esters is 5. The molecule has 1 rings (SSSR count). The minimum absolute atomic E-state index is 0.0372. The molecule has 0 atom stereocenters. The zero-order valence-corrected chi connectivity index (χ0v) is 18.1. The number of hydrogen-bond donors (Lipinski definition) is 0. The molecule has 0 bridgehead atoms. The summed E-state index contributed by atoms with van der Waals surface area (Å²) in [4.78, 5) is 59.5. The first kappa shape index (κ1) is 26.8. The number of ether oxygens (including phenoxy) is 5. The monoisotopic (exact) mass is 460 g/mol. The van der Waals surface area contributed by atoms with Gasteiger partial charge in [-0.15, -0.1) is 0 Å². The van der Waals surface area contributed by atoms with Crippen molar-refractivity contribution in [2.45, 2.75) is 0 Å². The third kappa shape index (κ3) is 8.44. The van der Waals surface area contributed by atoms with Crippen molar-refractivity contribution in [2.24, 2.45) is 5.41 Å². The van der Waals surface area contributed by atoms with Crippen molar-refractivity contribution in [3.05, 3.63) is 73.4 Å². The molecular weight excluding hydrogens is 436 g/mol. The van der Waals surface area contributed by atoms with Crippen LogP contribution in [-0.2, 0) is 38.1 Å². The summed E-state index contributed by atoms with van der Waals surface area (Å²) < 4.78 is 25.1. The molecule has 10 nitrogen and oxygen atoms in total. The Morgan fingerprint density at radius 2 is 1.06 bits per heavy atom. The molecule has 0 fully saturated rings. The SMILES string of the molecule is C=CC(=O)OCC(COC(=O)C=C)(COC(=O)C=C)COC(=O)c1ccccc1C(=O)OC. The van der Waals surface area contributed by atoms with E-state index in [0.29, 0.717) is 0 Å². The van der Waals surface area contributed by atoms with Crippen molar-refractivity contribution in [2.75, 3.05) is 33.5 Å². The van der Waals surface area contributed by atoms with Crippen molar-refractivity contribution in [3.63, 3.8) is 0 Å². The maximum Gasteiger partial charge on any atom is 0.339 e. The lowest BCUT2D eigenvalue weighted by Gasteiger charge is -2.31. The highest BCUT2D eigenvalue weighted by molar-refractivity contribution is 6.03. The fraction of sp³-hybridized carbons (Fsp3) is 0.261. The number of hydrogen-bond acceptors (Lipinski definition) is 10. The summed E-state index contributed by atoms with van der Waals surface area (Å²) in [6, 6.07) is 5.77. The van der Waals surface area contributed by atoms with Gasteiger partial charge in [0, 0.05) is 18.2 Å². The Bertz CT molecular complexity index is 871. The van der Waals surface area contributed by atoms with Crippen molar-refractivity contribution >= 4 is 29.8 Å². The highest BCUT2D eigenvalue weighted by Gasteiger charge is 2.38. The van der Waals surface area contributed by atoms with Crippen molar-refractivity contribution in [3.8, 4) is 0 Å². The van der Waals surface area contributed by atoms with E-state index in [-0.39, 0.29) is 11.1 Å². The van der Waals surface area contributed by atoms with Gasteiger partial charge in [0.15, 0.2) is 0 Å². The van der Waals surface area contributed by atoms with Gasteiger partial charge in [0.2, 0.25) is 0 Å². The average molecular weight is 460 g/mol. The second-order valence-electron chi connectivity index (χ2n) is 6.55. The third-order valence-electron chi connectivity index (χ3n) is 4.12. The lowest BCUT2D eigenvalue weighted by Crippen LogP contribution is -2.43. The number of carbonyl (C=O) groups excluding carboxylic acids is 5. The zero-order valence-electron chi connectivity index (χ0n) is 18.1. The fourth-order valence-corrected chi connectivity index (χ4v) is 2.34. The summed E-state index contributed by atoms with van der Waals surface area (Å²) in [6.07, 6.45) is 2.69. The maximum absolute atomic E-state index is 12.7. The molecular formula is C23H24O10. The Hall–Kier alpha value is -4.21. The predicted octanol–water partition coefficient (Wildman–Crippen LogP) is 1.80. The number of benzene rings is 1. The van der Waals surface area contributed by atoms with Crippen LogP contribution in [0.2, 0.25) is 0 Å². The molecule has 33 heavy (non-hydrogen) atoms. The van der Waals surface area contributed by atoms with Crippen LogP contribution in [0.25, 0.3) is 0 Å².